The number of methoxy groups -OCH3 is 1. The van der Waals surface area contributed by atoms with Gasteiger partial charge in [0, 0.05) is 12.0 Å². The van der Waals surface area contributed by atoms with Crippen LogP contribution >= 0.6 is 0 Å². The van der Waals surface area contributed by atoms with Gasteiger partial charge in [0.15, 0.2) is 0 Å². The van der Waals surface area contributed by atoms with Crippen LogP contribution in [-0.4, -0.2) is 24.9 Å². The highest BCUT2D eigenvalue weighted by Crippen LogP contribution is 2.36. The van der Waals surface area contributed by atoms with Crippen molar-refractivity contribution in [2.45, 2.75) is 12.5 Å². The predicted octanol–water partition coefficient (Wildman–Crippen LogP) is 5.81. The van der Waals surface area contributed by atoms with E-state index in [1.165, 1.54) is 5.56 Å². The smallest absolute Gasteiger partial charge is 0.271 e. The molecule has 5 rings (SSSR count). The van der Waals surface area contributed by atoms with E-state index in [9.17, 15) is 4.79 Å². The third kappa shape index (κ3) is 5.18. The Bertz CT molecular complexity index is 1370. The van der Waals surface area contributed by atoms with E-state index in [4.69, 9.17) is 9.84 Å². The largest absolute Gasteiger partial charge is 0.497 e. The molecule has 1 heterocycles. The first-order valence-corrected chi connectivity index (χ1v) is 11.8. The molecule has 1 aliphatic rings. The number of nitrogens with one attached hydrogen (secondary N) is 1. The van der Waals surface area contributed by atoms with Gasteiger partial charge in [-0.15, -0.1) is 0 Å². The second-order valence-electron chi connectivity index (χ2n) is 8.41. The summed E-state index contributed by atoms with van der Waals surface area (Å²) in [6.07, 6.45) is 2.46. The minimum absolute atomic E-state index is 0.115. The summed E-state index contributed by atoms with van der Waals surface area (Å²) in [5, 5.41) is 11.2. The van der Waals surface area contributed by atoms with E-state index in [1.54, 1.807) is 37.6 Å². The Morgan fingerprint density at radius 2 is 1.58 bits per heavy atom. The van der Waals surface area contributed by atoms with Gasteiger partial charge in [-0.25, -0.2) is 5.43 Å². The second-order valence-corrected chi connectivity index (χ2v) is 8.41. The quantitative estimate of drug-likeness (QED) is 0.271. The summed E-state index contributed by atoms with van der Waals surface area (Å²) in [5.41, 5.74) is 8.37. The Kier molecular flexibility index (Phi) is 6.85. The number of hydrogen-bond acceptors (Lipinski definition) is 5. The lowest BCUT2D eigenvalue weighted by Gasteiger charge is -2.24. The zero-order valence-corrected chi connectivity index (χ0v) is 19.9. The van der Waals surface area contributed by atoms with E-state index in [-0.39, 0.29) is 11.9 Å². The molecule has 1 unspecified atom stereocenters. The van der Waals surface area contributed by atoms with Gasteiger partial charge in [0.1, 0.15) is 5.75 Å². The van der Waals surface area contributed by atoms with Crippen molar-refractivity contribution in [3.05, 3.63) is 131 Å². The third-order valence-corrected chi connectivity index (χ3v) is 6.09. The van der Waals surface area contributed by atoms with Gasteiger partial charge in [-0.2, -0.15) is 10.2 Å². The topological polar surface area (TPSA) is 66.3 Å². The van der Waals surface area contributed by atoms with E-state index in [2.05, 4.69) is 51.9 Å². The number of hydrogen-bond donors (Lipinski definition) is 1. The molecule has 36 heavy (non-hydrogen) atoms. The fourth-order valence-electron chi connectivity index (χ4n) is 4.17. The molecule has 1 N–H and O–H groups in total. The van der Waals surface area contributed by atoms with Crippen LogP contribution in [0.3, 0.4) is 0 Å². The van der Waals surface area contributed by atoms with Crippen molar-refractivity contribution in [2.24, 2.45) is 10.2 Å². The minimum Gasteiger partial charge on any atom is -0.497 e. The van der Waals surface area contributed by atoms with Crippen LogP contribution in [0.1, 0.15) is 39.5 Å². The van der Waals surface area contributed by atoms with Crippen molar-refractivity contribution in [2.75, 3.05) is 12.1 Å². The number of ether oxygens (including phenoxy) is 1. The maximum absolute atomic E-state index is 12.3. The molecule has 6 nitrogen and oxygen atoms in total. The first-order chi connectivity index (χ1) is 17.7. The highest BCUT2D eigenvalue weighted by atomic mass is 16.5. The van der Waals surface area contributed by atoms with E-state index in [0.29, 0.717) is 11.3 Å². The average Bonchev–Trinajstić information content (AvgIpc) is 3.40. The molecule has 0 spiro atoms. The van der Waals surface area contributed by atoms with Crippen molar-refractivity contribution in [3.8, 4) is 5.75 Å². The Morgan fingerprint density at radius 3 is 2.25 bits per heavy atom. The lowest BCUT2D eigenvalue weighted by Crippen LogP contribution is -2.18. The van der Waals surface area contributed by atoms with E-state index in [1.807, 2.05) is 48.5 Å². The van der Waals surface area contributed by atoms with Crippen LogP contribution < -0.4 is 15.2 Å². The molecule has 0 fully saturated rings. The summed E-state index contributed by atoms with van der Waals surface area (Å²) in [5.74, 6) is 0.416. The van der Waals surface area contributed by atoms with E-state index < -0.39 is 0 Å². The number of amides is 1. The van der Waals surface area contributed by atoms with Crippen molar-refractivity contribution in [3.63, 3.8) is 0 Å². The number of rotatable bonds is 7. The zero-order valence-electron chi connectivity index (χ0n) is 19.9. The first-order valence-electron chi connectivity index (χ1n) is 11.8. The van der Waals surface area contributed by atoms with Gasteiger partial charge < -0.3 is 4.74 Å². The molecule has 6 heteroatoms. The SMILES string of the molecule is COc1ccc(C(=O)N/N=C/c2ccc(N3N=C(c4ccccc4)CC3c3ccccc3)cc2)cc1. The van der Waals surface area contributed by atoms with Crippen molar-refractivity contribution < 1.29 is 9.53 Å². The highest BCUT2D eigenvalue weighted by Gasteiger charge is 2.29. The molecule has 178 valence electrons. The number of hydrazone groups is 2. The monoisotopic (exact) mass is 474 g/mol. The van der Waals surface area contributed by atoms with Gasteiger partial charge in [0.2, 0.25) is 0 Å². The fraction of sp³-hybridized carbons (Fsp3) is 0.100. The van der Waals surface area contributed by atoms with E-state index >= 15 is 0 Å². The molecule has 0 radical (unpaired) electrons. The summed E-state index contributed by atoms with van der Waals surface area (Å²) >= 11 is 0. The molecule has 4 aromatic carbocycles. The number of carbonyl (C=O) groups excluding carboxylic acids is 1. The molecular formula is C30H26N4O2. The Labute approximate surface area is 210 Å². The molecule has 0 saturated heterocycles. The first kappa shape index (κ1) is 23.1. The van der Waals surface area contributed by atoms with Crippen molar-refractivity contribution in [1.82, 2.24) is 5.43 Å². The zero-order chi connectivity index (χ0) is 24.7. The molecule has 1 amide bonds. The lowest BCUT2D eigenvalue weighted by molar-refractivity contribution is 0.0955. The van der Waals surface area contributed by atoms with Crippen LogP contribution in [0.2, 0.25) is 0 Å². The molecule has 4 aromatic rings. The standard InChI is InChI=1S/C30H26N4O2/c1-36-27-18-14-25(15-19-27)30(35)32-31-21-22-12-16-26(17-13-22)34-29(24-10-6-3-7-11-24)20-28(33-34)23-8-4-2-5-9-23/h2-19,21,29H,20H2,1H3,(H,32,35)/b31-21+. The van der Waals surface area contributed by atoms with Crippen LogP contribution in [0.15, 0.2) is 119 Å². The average molecular weight is 475 g/mol. The molecule has 0 aromatic heterocycles. The fourth-order valence-corrected chi connectivity index (χ4v) is 4.17. The molecule has 0 saturated carbocycles. The second kappa shape index (κ2) is 10.7. The predicted molar refractivity (Wildman–Crippen MR) is 144 cm³/mol. The van der Waals surface area contributed by atoms with E-state index in [0.717, 1.165) is 28.9 Å². The third-order valence-electron chi connectivity index (χ3n) is 6.09. The lowest BCUT2D eigenvalue weighted by atomic mass is 9.98. The highest BCUT2D eigenvalue weighted by molar-refractivity contribution is 6.03. The van der Waals surface area contributed by atoms with Crippen LogP contribution in [0.25, 0.3) is 0 Å². The molecule has 1 aliphatic heterocycles. The molecule has 1 atom stereocenters. The van der Waals surface area contributed by atoms with Crippen LogP contribution in [0.5, 0.6) is 5.75 Å². The Balaban J connectivity index is 1.31. The summed E-state index contributed by atoms with van der Waals surface area (Å²) in [7, 11) is 1.59. The number of carbonyl (C=O) groups is 1. The maximum Gasteiger partial charge on any atom is 0.271 e. The van der Waals surface area contributed by atoms with Gasteiger partial charge in [-0.05, 0) is 53.1 Å². The maximum atomic E-state index is 12.3. The van der Waals surface area contributed by atoms with Gasteiger partial charge in [-0.3, -0.25) is 9.80 Å². The van der Waals surface area contributed by atoms with Crippen LogP contribution in [0.4, 0.5) is 5.69 Å². The Hall–Kier alpha value is -4.71. The Morgan fingerprint density at radius 1 is 0.917 bits per heavy atom. The minimum atomic E-state index is -0.281. The number of anilines is 1. The van der Waals surface area contributed by atoms with Gasteiger partial charge in [-0.1, -0.05) is 72.8 Å². The normalized spacial score (nSPS) is 15.1. The van der Waals surface area contributed by atoms with Gasteiger partial charge in [0.05, 0.1) is 30.8 Å². The summed E-state index contributed by atoms with van der Waals surface area (Å²) in [6, 6.07) is 35.7. The van der Waals surface area contributed by atoms with Crippen molar-refractivity contribution in [1.29, 1.82) is 0 Å². The molecule has 0 aliphatic carbocycles. The summed E-state index contributed by atoms with van der Waals surface area (Å²) < 4.78 is 5.12. The van der Waals surface area contributed by atoms with Crippen molar-refractivity contribution >= 4 is 23.5 Å². The van der Waals surface area contributed by atoms with Gasteiger partial charge in [0.25, 0.3) is 5.91 Å². The number of benzene rings is 4. The molecular weight excluding hydrogens is 448 g/mol. The molecule has 0 bridgehead atoms. The number of nitrogens with zero attached hydrogens (tertiary/aromatic N) is 3. The van der Waals surface area contributed by atoms with Crippen LogP contribution in [-0.2, 0) is 0 Å². The van der Waals surface area contributed by atoms with Gasteiger partial charge >= 0.3 is 0 Å². The summed E-state index contributed by atoms with van der Waals surface area (Å²) in [6.45, 7) is 0. The summed E-state index contributed by atoms with van der Waals surface area (Å²) in [4.78, 5) is 12.3. The van der Waals surface area contributed by atoms with Crippen LogP contribution in [0, 0.1) is 0 Å².